The lowest BCUT2D eigenvalue weighted by atomic mass is 10.2. The van der Waals surface area contributed by atoms with Crippen LogP contribution in [0, 0.1) is 0 Å². The molecule has 28 heavy (non-hydrogen) atoms. The van der Waals surface area contributed by atoms with E-state index in [0.29, 0.717) is 17.6 Å². The summed E-state index contributed by atoms with van der Waals surface area (Å²) in [5.41, 5.74) is 2.33. The SMILES string of the molecule is O=c1oc2ccccc2c2nn(CN3CCN(Cc4ccccc4)CC3)cc12. The molecule has 0 radical (unpaired) electrons. The largest absolute Gasteiger partial charge is 0.422 e. The lowest BCUT2D eigenvalue weighted by molar-refractivity contribution is 0.0990. The van der Waals surface area contributed by atoms with Gasteiger partial charge in [0, 0.05) is 44.3 Å². The molecule has 2 aromatic carbocycles. The zero-order chi connectivity index (χ0) is 18.9. The van der Waals surface area contributed by atoms with Crippen LogP contribution in [-0.2, 0) is 13.2 Å². The van der Waals surface area contributed by atoms with Crippen LogP contribution in [0.15, 0.2) is 70.0 Å². The second-order valence-electron chi connectivity index (χ2n) is 7.34. The molecule has 5 rings (SSSR count). The number of piperazine rings is 1. The lowest BCUT2D eigenvalue weighted by Gasteiger charge is -2.34. The van der Waals surface area contributed by atoms with Crippen molar-refractivity contribution in [3.63, 3.8) is 0 Å². The number of para-hydroxylation sites is 1. The zero-order valence-electron chi connectivity index (χ0n) is 15.6. The van der Waals surface area contributed by atoms with E-state index in [1.54, 1.807) is 6.07 Å². The highest BCUT2D eigenvalue weighted by Gasteiger charge is 2.18. The third kappa shape index (κ3) is 3.32. The molecule has 0 amide bonds. The molecule has 0 aliphatic carbocycles. The van der Waals surface area contributed by atoms with Crippen LogP contribution in [0.5, 0.6) is 0 Å². The number of benzene rings is 2. The molecule has 6 heteroatoms. The van der Waals surface area contributed by atoms with Crippen molar-refractivity contribution >= 4 is 21.9 Å². The number of nitrogens with zero attached hydrogens (tertiary/aromatic N) is 4. The number of hydrogen-bond donors (Lipinski definition) is 0. The van der Waals surface area contributed by atoms with Gasteiger partial charge in [-0.2, -0.15) is 5.10 Å². The van der Waals surface area contributed by atoms with Gasteiger partial charge in [-0.15, -0.1) is 0 Å². The Morgan fingerprint density at radius 3 is 2.39 bits per heavy atom. The van der Waals surface area contributed by atoms with Gasteiger partial charge >= 0.3 is 5.63 Å². The minimum Gasteiger partial charge on any atom is -0.422 e. The highest BCUT2D eigenvalue weighted by atomic mass is 16.4. The van der Waals surface area contributed by atoms with Crippen molar-refractivity contribution < 1.29 is 4.42 Å². The van der Waals surface area contributed by atoms with E-state index >= 15 is 0 Å². The highest BCUT2D eigenvalue weighted by Crippen LogP contribution is 2.21. The van der Waals surface area contributed by atoms with E-state index in [-0.39, 0.29) is 5.63 Å². The molecule has 1 aliphatic heterocycles. The van der Waals surface area contributed by atoms with Crippen molar-refractivity contribution in [1.29, 1.82) is 0 Å². The summed E-state index contributed by atoms with van der Waals surface area (Å²) < 4.78 is 7.28. The van der Waals surface area contributed by atoms with Gasteiger partial charge in [0.25, 0.3) is 0 Å². The van der Waals surface area contributed by atoms with Crippen molar-refractivity contribution in [2.24, 2.45) is 0 Å². The van der Waals surface area contributed by atoms with E-state index < -0.39 is 0 Å². The predicted molar refractivity (Wildman–Crippen MR) is 109 cm³/mol. The molecule has 0 unspecified atom stereocenters. The first-order valence-electron chi connectivity index (χ1n) is 9.64. The second kappa shape index (κ2) is 7.22. The standard InChI is InChI=1S/C22H22N4O2/c27-22-19-15-26(23-21(19)18-8-4-5-9-20(18)28-22)16-25-12-10-24(11-13-25)14-17-6-2-1-3-7-17/h1-9,15H,10-14,16H2. The fourth-order valence-electron chi connectivity index (χ4n) is 3.88. The average Bonchev–Trinajstić information content (AvgIpc) is 3.15. The fraction of sp³-hybridized carbons (Fsp3) is 0.273. The molecule has 1 saturated heterocycles. The summed E-state index contributed by atoms with van der Waals surface area (Å²) in [6.07, 6.45) is 1.81. The maximum absolute atomic E-state index is 12.3. The van der Waals surface area contributed by atoms with Crippen molar-refractivity contribution in [3.8, 4) is 0 Å². The highest BCUT2D eigenvalue weighted by molar-refractivity contribution is 6.01. The van der Waals surface area contributed by atoms with Gasteiger partial charge in [-0.1, -0.05) is 42.5 Å². The van der Waals surface area contributed by atoms with Gasteiger partial charge in [-0.05, 0) is 17.7 Å². The van der Waals surface area contributed by atoms with Crippen molar-refractivity contribution in [2.45, 2.75) is 13.2 Å². The van der Waals surface area contributed by atoms with Gasteiger partial charge in [-0.25, -0.2) is 4.79 Å². The minimum atomic E-state index is -0.326. The topological polar surface area (TPSA) is 54.5 Å². The molecule has 3 heterocycles. The summed E-state index contributed by atoms with van der Waals surface area (Å²) in [4.78, 5) is 17.1. The summed E-state index contributed by atoms with van der Waals surface area (Å²) in [6, 6.07) is 18.1. The Balaban J connectivity index is 1.29. The van der Waals surface area contributed by atoms with Crippen molar-refractivity contribution in [1.82, 2.24) is 19.6 Å². The van der Waals surface area contributed by atoms with Gasteiger partial charge in [0.2, 0.25) is 0 Å². The van der Waals surface area contributed by atoms with Crippen LogP contribution in [0.25, 0.3) is 21.9 Å². The molecule has 0 spiro atoms. The molecule has 2 aromatic heterocycles. The average molecular weight is 374 g/mol. The van der Waals surface area contributed by atoms with E-state index in [2.05, 4.69) is 45.2 Å². The zero-order valence-corrected chi connectivity index (χ0v) is 15.6. The number of aromatic nitrogens is 2. The first-order chi connectivity index (χ1) is 13.8. The Labute approximate surface area is 162 Å². The van der Waals surface area contributed by atoms with E-state index in [0.717, 1.165) is 43.6 Å². The molecule has 6 nitrogen and oxygen atoms in total. The monoisotopic (exact) mass is 374 g/mol. The normalized spacial score (nSPS) is 16.1. The molecule has 0 N–H and O–H groups in total. The summed E-state index contributed by atoms with van der Waals surface area (Å²) in [5, 5.41) is 6.11. The Kier molecular flexibility index (Phi) is 4.43. The summed E-state index contributed by atoms with van der Waals surface area (Å²) >= 11 is 0. The van der Waals surface area contributed by atoms with Gasteiger partial charge in [0.1, 0.15) is 16.5 Å². The Morgan fingerprint density at radius 2 is 1.57 bits per heavy atom. The molecule has 1 fully saturated rings. The summed E-state index contributed by atoms with van der Waals surface area (Å²) in [7, 11) is 0. The Bertz CT molecular complexity index is 1160. The smallest absolute Gasteiger partial charge is 0.347 e. The number of hydrogen-bond acceptors (Lipinski definition) is 5. The minimum absolute atomic E-state index is 0.326. The van der Waals surface area contributed by atoms with Crippen LogP contribution in [0.1, 0.15) is 5.56 Å². The summed E-state index contributed by atoms with van der Waals surface area (Å²) in [6.45, 7) is 5.70. The van der Waals surface area contributed by atoms with Crippen molar-refractivity contribution in [3.05, 3.63) is 76.8 Å². The Hall–Kier alpha value is -2.96. The molecular formula is C22H22N4O2. The van der Waals surface area contributed by atoms with Gasteiger partial charge < -0.3 is 4.42 Å². The number of rotatable bonds is 4. The molecule has 1 aliphatic rings. The molecule has 142 valence electrons. The first-order valence-corrected chi connectivity index (χ1v) is 9.64. The van der Waals surface area contributed by atoms with Crippen molar-refractivity contribution in [2.75, 3.05) is 26.2 Å². The predicted octanol–water partition coefficient (Wildman–Crippen LogP) is 2.92. The fourth-order valence-corrected chi connectivity index (χ4v) is 3.88. The third-order valence-electron chi connectivity index (χ3n) is 5.39. The Morgan fingerprint density at radius 1 is 0.857 bits per heavy atom. The van der Waals surface area contributed by atoms with Gasteiger partial charge in [0.05, 0.1) is 6.67 Å². The van der Waals surface area contributed by atoms with E-state index in [1.807, 2.05) is 29.1 Å². The number of fused-ring (bicyclic) bond motifs is 3. The lowest BCUT2D eigenvalue weighted by Crippen LogP contribution is -2.46. The molecular weight excluding hydrogens is 352 g/mol. The maximum atomic E-state index is 12.3. The first kappa shape index (κ1) is 17.2. The van der Waals surface area contributed by atoms with Gasteiger partial charge in [-0.3, -0.25) is 14.5 Å². The van der Waals surface area contributed by atoms with Crippen LogP contribution < -0.4 is 5.63 Å². The molecule has 0 atom stereocenters. The second-order valence-corrected chi connectivity index (χ2v) is 7.34. The van der Waals surface area contributed by atoms with Crippen LogP contribution in [0.4, 0.5) is 0 Å². The summed E-state index contributed by atoms with van der Waals surface area (Å²) in [5.74, 6) is 0. The molecule has 0 bridgehead atoms. The van der Waals surface area contributed by atoms with E-state index in [1.165, 1.54) is 5.56 Å². The quantitative estimate of drug-likeness (QED) is 0.514. The van der Waals surface area contributed by atoms with Crippen LogP contribution in [0.2, 0.25) is 0 Å². The van der Waals surface area contributed by atoms with Gasteiger partial charge in [0.15, 0.2) is 0 Å². The van der Waals surface area contributed by atoms with Crippen LogP contribution in [0.3, 0.4) is 0 Å². The molecule has 4 aromatic rings. The van der Waals surface area contributed by atoms with E-state index in [9.17, 15) is 4.79 Å². The van der Waals surface area contributed by atoms with Crippen LogP contribution >= 0.6 is 0 Å². The maximum Gasteiger partial charge on any atom is 0.347 e. The third-order valence-corrected chi connectivity index (χ3v) is 5.39. The van der Waals surface area contributed by atoms with Crippen LogP contribution in [-0.4, -0.2) is 45.8 Å². The molecule has 0 saturated carbocycles. The van der Waals surface area contributed by atoms with E-state index in [4.69, 9.17) is 4.42 Å².